The van der Waals surface area contributed by atoms with Gasteiger partial charge in [-0.15, -0.1) is 0 Å². The molecule has 0 amide bonds. The Morgan fingerprint density at radius 2 is 1.95 bits per heavy atom. The standard InChI is InChI=1S/C14H10ClF2N3/c1-7-8(15)3-2-4-11(7)20-13-10(19-14(20)18)6-5-9(16)12(13)17/h2-6H,1H3,(H2,18,19). The molecule has 0 unspecified atom stereocenters. The van der Waals surface area contributed by atoms with Gasteiger partial charge in [-0.3, -0.25) is 4.57 Å². The summed E-state index contributed by atoms with van der Waals surface area (Å²) in [5, 5.41) is 0.514. The van der Waals surface area contributed by atoms with Gasteiger partial charge in [0.25, 0.3) is 0 Å². The average Bonchev–Trinajstić information content (AvgIpc) is 2.75. The van der Waals surface area contributed by atoms with Crippen molar-refractivity contribution in [3.8, 4) is 5.69 Å². The van der Waals surface area contributed by atoms with Gasteiger partial charge >= 0.3 is 0 Å². The van der Waals surface area contributed by atoms with E-state index in [0.29, 0.717) is 21.8 Å². The van der Waals surface area contributed by atoms with E-state index in [1.54, 1.807) is 25.1 Å². The van der Waals surface area contributed by atoms with Crippen LogP contribution in [-0.2, 0) is 0 Å². The minimum absolute atomic E-state index is 0.00728. The van der Waals surface area contributed by atoms with Crippen LogP contribution in [-0.4, -0.2) is 9.55 Å². The van der Waals surface area contributed by atoms with E-state index in [1.807, 2.05) is 0 Å². The van der Waals surface area contributed by atoms with E-state index in [1.165, 1.54) is 10.6 Å². The first-order valence-electron chi connectivity index (χ1n) is 5.88. The second-order valence-corrected chi connectivity index (χ2v) is 4.83. The van der Waals surface area contributed by atoms with E-state index < -0.39 is 11.6 Å². The number of rotatable bonds is 1. The zero-order valence-corrected chi connectivity index (χ0v) is 11.2. The average molecular weight is 294 g/mol. The van der Waals surface area contributed by atoms with E-state index in [9.17, 15) is 8.78 Å². The van der Waals surface area contributed by atoms with Gasteiger partial charge in [-0.2, -0.15) is 0 Å². The lowest BCUT2D eigenvalue weighted by atomic mass is 10.2. The molecule has 20 heavy (non-hydrogen) atoms. The third-order valence-corrected chi connectivity index (χ3v) is 3.62. The largest absolute Gasteiger partial charge is 0.369 e. The lowest BCUT2D eigenvalue weighted by molar-refractivity contribution is 0.514. The van der Waals surface area contributed by atoms with E-state index in [-0.39, 0.29) is 11.5 Å². The van der Waals surface area contributed by atoms with Gasteiger partial charge in [-0.1, -0.05) is 17.7 Å². The maximum Gasteiger partial charge on any atom is 0.206 e. The first-order valence-corrected chi connectivity index (χ1v) is 6.26. The number of fused-ring (bicyclic) bond motifs is 1. The summed E-state index contributed by atoms with van der Waals surface area (Å²) in [5.41, 5.74) is 7.43. The highest BCUT2D eigenvalue weighted by atomic mass is 35.5. The molecular formula is C14H10ClF2N3. The Morgan fingerprint density at radius 3 is 2.70 bits per heavy atom. The molecule has 2 aromatic carbocycles. The first-order chi connectivity index (χ1) is 9.50. The number of nitrogens with two attached hydrogens (primary N) is 1. The molecular weight excluding hydrogens is 284 g/mol. The van der Waals surface area contributed by atoms with Crippen LogP contribution in [0.2, 0.25) is 5.02 Å². The smallest absolute Gasteiger partial charge is 0.206 e. The summed E-state index contributed by atoms with van der Waals surface area (Å²) in [4.78, 5) is 4.05. The highest BCUT2D eigenvalue weighted by molar-refractivity contribution is 6.31. The van der Waals surface area contributed by atoms with Crippen LogP contribution in [0, 0.1) is 18.6 Å². The van der Waals surface area contributed by atoms with Gasteiger partial charge in [-0.25, -0.2) is 13.8 Å². The Labute approximate surface area is 118 Å². The fraction of sp³-hybridized carbons (Fsp3) is 0.0714. The summed E-state index contributed by atoms with van der Waals surface area (Å²) in [5.74, 6) is -1.85. The molecule has 0 saturated carbocycles. The molecule has 0 aliphatic heterocycles. The van der Waals surface area contributed by atoms with Gasteiger partial charge < -0.3 is 5.73 Å². The number of halogens is 3. The molecule has 1 aromatic heterocycles. The monoisotopic (exact) mass is 293 g/mol. The molecule has 0 fully saturated rings. The first kappa shape index (κ1) is 12.9. The van der Waals surface area contributed by atoms with Crippen molar-refractivity contribution in [2.45, 2.75) is 6.92 Å². The molecule has 3 nitrogen and oxygen atoms in total. The number of benzene rings is 2. The van der Waals surface area contributed by atoms with Crippen molar-refractivity contribution in [3.63, 3.8) is 0 Å². The summed E-state index contributed by atoms with van der Waals surface area (Å²) < 4.78 is 28.9. The summed E-state index contributed by atoms with van der Waals surface area (Å²) in [6.07, 6.45) is 0. The number of anilines is 1. The van der Waals surface area contributed by atoms with Crippen LogP contribution in [0.15, 0.2) is 30.3 Å². The van der Waals surface area contributed by atoms with Crippen LogP contribution >= 0.6 is 11.6 Å². The number of aromatic nitrogens is 2. The zero-order chi connectivity index (χ0) is 14.4. The van der Waals surface area contributed by atoms with Crippen LogP contribution in [0.5, 0.6) is 0 Å². The Morgan fingerprint density at radius 1 is 1.20 bits per heavy atom. The summed E-state index contributed by atoms with van der Waals surface area (Å²) >= 11 is 6.06. The van der Waals surface area contributed by atoms with E-state index in [0.717, 1.165) is 6.07 Å². The molecule has 0 aliphatic rings. The van der Waals surface area contributed by atoms with Gasteiger partial charge in [0.05, 0.1) is 11.2 Å². The van der Waals surface area contributed by atoms with Gasteiger partial charge in [0.15, 0.2) is 11.6 Å². The van der Waals surface area contributed by atoms with Gasteiger partial charge in [-0.05, 0) is 36.8 Å². The third kappa shape index (κ3) is 1.74. The predicted molar refractivity (Wildman–Crippen MR) is 75.1 cm³/mol. The molecule has 3 rings (SSSR count). The molecule has 2 N–H and O–H groups in total. The lowest BCUT2D eigenvalue weighted by Crippen LogP contribution is -2.04. The van der Waals surface area contributed by atoms with Crippen LogP contribution in [0.1, 0.15) is 5.56 Å². The topological polar surface area (TPSA) is 43.8 Å². The van der Waals surface area contributed by atoms with E-state index in [2.05, 4.69) is 4.98 Å². The molecule has 3 aromatic rings. The molecule has 0 bridgehead atoms. The maximum absolute atomic E-state index is 14.1. The molecule has 0 spiro atoms. The molecule has 0 saturated heterocycles. The van der Waals surface area contributed by atoms with Crippen LogP contribution in [0.25, 0.3) is 16.7 Å². The van der Waals surface area contributed by atoms with Crippen molar-refractivity contribution < 1.29 is 8.78 Å². The van der Waals surface area contributed by atoms with Crippen molar-refractivity contribution >= 4 is 28.6 Å². The van der Waals surface area contributed by atoms with Gasteiger partial charge in [0, 0.05) is 5.02 Å². The van der Waals surface area contributed by atoms with Crippen LogP contribution in [0.3, 0.4) is 0 Å². The van der Waals surface area contributed by atoms with Crippen molar-refractivity contribution in [2.75, 3.05) is 5.73 Å². The van der Waals surface area contributed by atoms with Crippen molar-refractivity contribution in [1.82, 2.24) is 9.55 Å². The third-order valence-electron chi connectivity index (χ3n) is 3.22. The SMILES string of the molecule is Cc1c(Cl)cccc1-n1c(N)nc2ccc(F)c(F)c21. The van der Waals surface area contributed by atoms with Crippen molar-refractivity contribution in [1.29, 1.82) is 0 Å². The van der Waals surface area contributed by atoms with Crippen LogP contribution < -0.4 is 5.73 Å². The van der Waals surface area contributed by atoms with Crippen molar-refractivity contribution in [3.05, 3.63) is 52.6 Å². The Bertz CT molecular complexity index is 827. The molecule has 0 radical (unpaired) electrons. The number of imidazole rings is 1. The predicted octanol–water partition coefficient (Wildman–Crippen LogP) is 3.85. The number of nitrogen functional groups attached to an aromatic ring is 1. The Hall–Kier alpha value is -2.14. The number of hydrogen-bond acceptors (Lipinski definition) is 2. The van der Waals surface area contributed by atoms with E-state index >= 15 is 0 Å². The molecule has 1 heterocycles. The highest BCUT2D eigenvalue weighted by Gasteiger charge is 2.18. The fourth-order valence-electron chi connectivity index (χ4n) is 2.20. The quantitative estimate of drug-likeness (QED) is 0.740. The second kappa shape index (κ2) is 4.45. The second-order valence-electron chi connectivity index (χ2n) is 4.42. The normalized spacial score (nSPS) is 11.2. The highest BCUT2D eigenvalue weighted by Crippen LogP contribution is 2.30. The molecule has 102 valence electrons. The maximum atomic E-state index is 14.1. The lowest BCUT2D eigenvalue weighted by Gasteiger charge is -2.11. The summed E-state index contributed by atoms with van der Waals surface area (Å²) in [6.45, 7) is 1.78. The fourth-order valence-corrected chi connectivity index (χ4v) is 2.37. The van der Waals surface area contributed by atoms with Gasteiger partial charge in [0.2, 0.25) is 5.95 Å². The Balaban J connectivity index is 2.45. The summed E-state index contributed by atoms with van der Waals surface area (Å²) in [7, 11) is 0. The number of hydrogen-bond donors (Lipinski definition) is 1. The summed E-state index contributed by atoms with van der Waals surface area (Å²) in [6, 6.07) is 7.57. The molecule has 0 atom stereocenters. The Kier molecular flexibility index (Phi) is 2.87. The van der Waals surface area contributed by atoms with Crippen LogP contribution in [0.4, 0.5) is 14.7 Å². The number of nitrogens with zero attached hydrogens (tertiary/aromatic N) is 2. The zero-order valence-electron chi connectivity index (χ0n) is 10.5. The minimum Gasteiger partial charge on any atom is -0.369 e. The van der Waals surface area contributed by atoms with Crippen molar-refractivity contribution in [2.24, 2.45) is 0 Å². The molecule has 0 aliphatic carbocycles. The minimum atomic E-state index is -0.980. The molecule has 6 heteroatoms. The van der Waals surface area contributed by atoms with Gasteiger partial charge in [0.1, 0.15) is 5.52 Å². The van der Waals surface area contributed by atoms with E-state index in [4.69, 9.17) is 17.3 Å².